The molecule has 0 spiro atoms. The molecule has 7 nitrogen and oxygen atoms in total. The summed E-state index contributed by atoms with van der Waals surface area (Å²) in [5.41, 5.74) is 1.19. The van der Waals surface area contributed by atoms with Gasteiger partial charge in [-0.05, 0) is 5.56 Å². The lowest BCUT2D eigenvalue weighted by Gasteiger charge is -2.06. The second kappa shape index (κ2) is 10.1. The molecule has 0 aromatic heterocycles. The first-order chi connectivity index (χ1) is 11.5. The third-order valence-corrected chi connectivity index (χ3v) is 3.22. The number of benzene rings is 1. The molecule has 0 aliphatic rings. The van der Waals surface area contributed by atoms with Crippen molar-refractivity contribution < 1.29 is 33.4 Å². The first-order valence-corrected chi connectivity index (χ1v) is 7.37. The highest BCUT2D eigenvalue weighted by Gasteiger charge is 2.11. The Morgan fingerprint density at radius 1 is 0.750 bits per heavy atom. The number of carbonyl (C=O) groups excluding carboxylic acids is 4. The van der Waals surface area contributed by atoms with E-state index in [1.807, 2.05) is 0 Å². The van der Waals surface area contributed by atoms with Crippen molar-refractivity contribution in [3.8, 4) is 0 Å². The van der Waals surface area contributed by atoms with Crippen LogP contribution < -0.4 is 0 Å². The number of carbonyl (C=O) groups is 4. The molecule has 130 valence electrons. The number of ether oxygens (including phenoxy) is 3. The van der Waals surface area contributed by atoms with E-state index < -0.39 is 17.9 Å². The highest BCUT2D eigenvalue weighted by molar-refractivity contribution is 5.97. The molecule has 0 heterocycles. The van der Waals surface area contributed by atoms with E-state index in [9.17, 15) is 19.2 Å². The average molecular weight is 336 g/mol. The van der Waals surface area contributed by atoms with Crippen LogP contribution in [-0.4, -0.2) is 37.9 Å². The molecular weight excluding hydrogens is 316 g/mol. The molecule has 0 amide bonds. The Hall–Kier alpha value is -2.70. The third kappa shape index (κ3) is 7.04. The van der Waals surface area contributed by atoms with Crippen LogP contribution in [-0.2, 0) is 35.2 Å². The lowest BCUT2D eigenvalue weighted by Crippen LogP contribution is -2.09. The SMILES string of the molecule is COC(=O)CCC(=O)OCc1ccc(C(=O)CCC(=O)OC)cc1. The number of hydrogen-bond acceptors (Lipinski definition) is 7. The maximum Gasteiger partial charge on any atom is 0.306 e. The van der Waals surface area contributed by atoms with Crippen molar-refractivity contribution in [2.45, 2.75) is 32.3 Å². The fourth-order valence-corrected chi connectivity index (χ4v) is 1.79. The quantitative estimate of drug-likeness (QED) is 0.385. The van der Waals surface area contributed by atoms with E-state index in [4.69, 9.17) is 4.74 Å². The summed E-state index contributed by atoms with van der Waals surface area (Å²) in [7, 11) is 2.52. The van der Waals surface area contributed by atoms with Crippen LogP contribution in [0.5, 0.6) is 0 Å². The fraction of sp³-hybridized carbons (Fsp3) is 0.412. The largest absolute Gasteiger partial charge is 0.469 e. The summed E-state index contributed by atoms with van der Waals surface area (Å²) in [5.74, 6) is -1.57. The van der Waals surface area contributed by atoms with Gasteiger partial charge in [0.1, 0.15) is 6.61 Å². The van der Waals surface area contributed by atoms with Gasteiger partial charge in [0.05, 0.1) is 33.5 Å². The number of esters is 3. The Morgan fingerprint density at radius 3 is 1.79 bits per heavy atom. The summed E-state index contributed by atoms with van der Waals surface area (Å²) in [4.78, 5) is 45.3. The summed E-state index contributed by atoms with van der Waals surface area (Å²) in [5, 5.41) is 0. The normalized spacial score (nSPS) is 9.92. The van der Waals surface area contributed by atoms with Crippen LogP contribution in [0.1, 0.15) is 41.6 Å². The molecular formula is C17H20O7. The summed E-state index contributed by atoms with van der Waals surface area (Å²) in [6.45, 7) is 0.0522. The minimum absolute atomic E-state index is 0.0248. The Morgan fingerprint density at radius 2 is 1.25 bits per heavy atom. The topological polar surface area (TPSA) is 96.0 Å². The van der Waals surface area contributed by atoms with Crippen molar-refractivity contribution in [3.63, 3.8) is 0 Å². The van der Waals surface area contributed by atoms with E-state index in [2.05, 4.69) is 9.47 Å². The number of hydrogen-bond donors (Lipinski definition) is 0. The molecule has 0 aliphatic heterocycles. The van der Waals surface area contributed by atoms with E-state index in [0.29, 0.717) is 11.1 Å². The van der Waals surface area contributed by atoms with Gasteiger partial charge in [-0.2, -0.15) is 0 Å². The Kier molecular flexibility index (Phi) is 8.18. The van der Waals surface area contributed by atoms with Gasteiger partial charge < -0.3 is 14.2 Å². The molecule has 0 saturated carbocycles. The van der Waals surface area contributed by atoms with Crippen LogP contribution in [0, 0.1) is 0 Å². The lowest BCUT2D eigenvalue weighted by atomic mass is 10.0. The predicted molar refractivity (Wildman–Crippen MR) is 83.1 cm³/mol. The van der Waals surface area contributed by atoms with Crippen molar-refractivity contribution in [3.05, 3.63) is 35.4 Å². The van der Waals surface area contributed by atoms with Gasteiger partial charge in [-0.3, -0.25) is 19.2 Å². The molecule has 1 rings (SSSR count). The molecule has 1 aromatic rings. The van der Waals surface area contributed by atoms with E-state index in [1.54, 1.807) is 24.3 Å². The number of methoxy groups -OCH3 is 2. The molecule has 1 aromatic carbocycles. The highest BCUT2D eigenvalue weighted by Crippen LogP contribution is 2.10. The maximum absolute atomic E-state index is 11.9. The van der Waals surface area contributed by atoms with Crippen molar-refractivity contribution in [2.75, 3.05) is 14.2 Å². The number of Topliss-reactive ketones (excluding diaryl/α,β-unsaturated/α-hetero) is 1. The molecule has 0 radical (unpaired) electrons. The monoisotopic (exact) mass is 336 g/mol. The lowest BCUT2D eigenvalue weighted by molar-refractivity contribution is -0.149. The zero-order valence-electron chi connectivity index (χ0n) is 13.7. The van der Waals surface area contributed by atoms with Crippen LogP contribution in [0.3, 0.4) is 0 Å². The summed E-state index contributed by atoms with van der Waals surface area (Å²) in [6.07, 6.45) is 0.0448. The maximum atomic E-state index is 11.9. The van der Waals surface area contributed by atoms with E-state index in [1.165, 1.54) is 14.2 Å². The van der Waals surface area contributed by atoms with Gasteiger partial charge in [-0.25, -0.2) is 0 Å². The van der Waals surface area contributed by atoms with Gasteiger partial charge in [-0.15, -0.1) is 0 Å². The smallest absolute Gasteiger partial charge is 0.306 e. The highest BCUT2D eigenvalue weighted by atomic mass is 16.5. The molecule has 0 saturated heterocycles. The van der Waals surface area contributed by atoms with Gasteiger partial charge in [0.2, 0.25) is 0 Å². The Labute approximate surface area is 139 Å². The fourth-order valence-electron chi connectivity index (χ4n) is 1.79. The number of ketones is 1. The third-order valence-electron chi connectivity index (χ3n) is 3.22. The van der Waals surface area contributed by atoms with Gasteiger partial charge in [0, 0.05) is 12.0 Å². The zero-order chi connectivity index (χ0) is 17.9. The van der Waals surface area contributed by atoms with Gasteiger partial charge in [0.25, 0.3) is 0 Å². The summed E-state index contributed by atoms with van der Waals surface area (Å²) >= 11 is 0. The van der Waals surface area contributed by atoms with Gasteiger partial charge in [-0.1, -0.05) is 24.3 Å². The van der Waals surface area contributed by atoms with Gasteiger partial charge >= 0.3 is 17.9 Å². The van der Waals surface area contributed by atoms with Crippen LogP contribution in [0.25, 0.3) is 0 Å². The molecule has 0 unspecified atom stereocenters. The van der Waals surface area contributed by atoms with Crippen LogP contribution in [0.2, 0.25) is 0 Å². The molecule has 7 heteroatoms. The molecule has 0 fully saturated rings. The van der Waals surface area contributed by atoms with Crippen LogP contribution >= 0.6 is 0 Å². The van der Waals surface area contributed by atoms with Crippen molar-refractivity contribution in [2.24, 2.45) is 0 Å². The van der Waals surface area contributed by atoms with Crippen LogP contribution in [0.4, 0.5) is 0 Å². The average Bonchev–Trinajstić information content (AvgIpc) is 2.62. The molecule has 24 heavy (non-hydrogen) atoms. The number of rotatable bonds is 9. The second-order valence-corrected chi connectivity index (χ2v) is 4.93. The standard InChI is InChI=1S/C17H20O7/c1-22-15(19)8-7-14(18)13-5-3-12(4-6-13)11-24-17(21)10-9-16(20)23-2/h3-6H,7-11H2,1-2H3. The van der Waals surface area contributed by atoms with Crippen molar-refractivity contribution in [1.82, 2.24) is 0 Å². The van der Waals surface area contributed by atoms with E-state index in [0.717, 1.165) is 0 Å². The second-order valence-electron chi connectivity index (χ2n) is 4.93. The van der Waals surface area contributed by atoms with E-state index in [-0.39, 0.29) is 38.1 Å². The molecule has 0 aliphatic carbocycles. The van der Waals surface area contributed by atoms with E-state index >= 15 is 0 Å². The summed E-state index contributed by atoms with van der Waals surface area (Å²) < 4.78 is 13.9. The van der Waals surface area contributed by atoms with Crippen molar-refractivity contribution in [1.29, 1.82) is 0 Å². The first-order valence-electron chi connectivity index (χ1n) is 7.37. The zero-order valence-corrected chi connectivity index (χ0v) is 13.7. The Balaban J connectivity index is 2.41. The minimum Gasteiger partial charge on any atom is -0.469 e. The molecule has 0 atom stereocenters. The van der Waals surface area contributed by atoms with Crippen molar-refractivity contribution >= 4 is 23.7 Å². The van der Waals surface area contributed by atoms with Gasteiger partial charge in [0.15, 0.2) is 5.78 Å². The minimum atomic E-state index is -0.501. The molecule has 0 bridgehead atoms. The summed E-state index contributed by atoms with van der Waals surface area (Å²) in [6, 6.07) is 6.55. The Bertz CT molecular complexity index is 589. The predicted octanol–water partition coefficient (Wildman–Crippen LogP) is 1.82. The first kappa shape index (κ1) is 19.3. The molecule has 0 N–H and O–H groups in total. The van der Waals surface area contributed by atoms with Crippen LogP contribution in [0.15, 0.2) is 24.3 Å².